The molecule has 0 aliphatic carbocycles. The Hall–Kier alpha value is -1.76. The van der Waals surface area contributed by atoms with Crippen molar-refractivity contribution in [3.8, 4) is 0 Å². The summed E-state index contributed by atoms with van der Waals surface area (Å²) in [6, 6.07) is 10.4. The molecule has 1 N–H and O–H groups in total. The number of esters is 1. The van der Waals surface area contributed by atoms with Gasteiger partial charge in [0.2, 0.25) is 0 Å². The summed E-state index contributed by atoms with van der Waals surface area (Å²) in [5, 5.41) is 0.0310. The SMILES string of the molecule is CCOC(=O)c1ccccc1NS(=O)(=O)c1cccc(Cl)c1Cl. The number of carbonyl (C=O) groups is 1. The van der Waals surface area contributed by atoms with E-state index in [1.165, 1.54) is 30.3 Å². The lowest BCUT2D eigenvalue weighted by Crippen LogP contribution is -2.17. The van der Waals surface area contributed by atoms with Crippen molar-refractivity contribution in [1.29, 1.82) is 0 Å². The number of carbonyl (C=O) groups excluding carboxylic acids is 1. The van der Waals surface area contributed by atoms with Crippen molar-refractivity contribution in [2.45, 2.75) is 11.8 Å². The van der Waals surface area contributed by atoms with Crippen LogP contribution in [0, 0.1) is 0 Å². The molecule has 2 aromatic carbocycles. The normalized spacial score (nSPS) is 11.1. The molecule has 0 aromatic heterocycles. The molecule has 23 heavy (non-hydrogen) atoms. The molecule has 0 aliphatic rings. The van der Waals surface area contributed by atoms with Crippen LogP contribution >= 0.6 is 23.2 Å². The molecule has 0 heterocycles. The zero-order valence-electron chi connectivity index (χ0n) is 12.0. The number of rotatable bonds is 5. The van der Waals surface area contributed by atoms with Gasteiger partial charge in [0.15, 0.2) is 0 Å². The fourth-order valence-electron chi connectivity index (χ4n) is 1.85. The topological polar surface area (TPSA) is 72.5 Å². The minimum absolute atomic E-state index is 0.0877. The van der Waals surface area contributed by atoms with Crippen molar-refractivity contribution < 1.29 is 17.9 Å². The molecular formula is C15H13Cl2NO4S. The highest BCUT2D eigenvalue weighted by Gasteiger charge is 2.22. The Morgan fingerprint density at radius 3 is 2.52 bits per heavy atom. The zero-order chi connectivity index (χ0) is 17.0. The zero-order valence-corrected chi connectivity index (χ0v) is 14.4. The predicted molar refractivity (Wildman–Crippen MR) is 89.7 cm³/mol. The maximum absolute atomic E-state index is 12.5. The maximum atomic E-state index is 12.5. The minimum Gasteiger partial charge on any atom is -0.462 e. The summed E-state index contributed by atoms with van der Waals surface area (Å²) in [4.78, 5) is 11.7. The Balaban J connectivity index is 2.42. The highest BCUT2D eigenvalue weighted by Crippen LogP contribution is 2.30. The lowest BCUT2D eigenvalue weighted by Gasteiger charge is -2.13. The standard InChI is InChI=1S/C15H13Cl2NO4S/c1-2-22-15(19)10-6-3-4-8-12(10)18-23(20,21)13-9-5-7-11(16)14(13)17/h3-9,18H,2H2,1H3. The number of anilines is 1. The highest BCUT2D eigenvalue weighted by atomic mass is 35.5. The van der Waals surface area contributed by atoms with E-state index in [9.17, 15) is 13.2 Å². The van der Waals surface area contributed by atoms with Crippen molar-refractivity contribution in [1.82, 2.24) is 0 Å². The summed E-state index contributed by atoms with van der Waals surface area (Å²) >= 11 is 11.8. The fourth-order valence-corrected chi connectivity index (χ4v) is 3.69. The average molecular weight is 374 g/mol. The molecule has 2 rings (SSSR count). The molecule has 0 atom stereocenters. The van der Waals surface area contributed by atoms with Crippen LogP contribution in [0.25, 0.3) is 0 Å². The Bertz CT molecular complexity index is 837. The Morgan fingerprint density at radius 2 is 1.83 bits per heavy atom. The second-order valence-electron chi connectivity index (χ2n) is 4.42. The van der Waals surface area contributed by atoms with Crippen LogP contribution in [0.4, 0.5) is 5.69 Å². The molecule has 5 nitrogen and oxygen atoms in total. The van der Waals surface area contributed by atoms with Gasteiger partial charge >= 0.3 is 5.97 Å². The van der Waals surface area contributed by atoms with E-state index in [4.69, 9.17) is 27.9 Å². The third kappa shape index (κ3) is 3.96. The molecule has 0 bridgehead atoms. The highest BCUT2D eigenvalue weighted by molar-refractivity contribution is 7.92. The van der Waals surface area contributed by atoms with Crippen molar-refractivity contribution in [2.24, 2.45) is 0 Å². The van der Waals surface area contributed by atoms with E-state index in [1.807, 2.05) is 0 Å². The summed E-state index contributed by atoms with van der Waals surface area (Å²) in [5.41, 5.74) is 0.207. The van der Waals surface area contributed by atoms with Gasteiger partial charge in [-0.2, -0.15) is 0 Å². The Labute approximate surface area is 144 Å². The van der Waals surface area contributed by atoms with Crippen LogP contribution in [-0.4, -0.2) is 21.0 Å². The third-order valence-corrected chi connectivity index (χ3v) is 5.21. The summed E-state index contributed by atoms with van der Waals surface area (Å²) in [7, 11) is -4.01. The maximum Gasteiger partial charge on any atom is 0.340 e. The van der Waals surface area contributed by atoms with E-state index in [2.05, 4.69) is 4.72 Å². The summed E-state index contributed by atoms with van der Waals surface area (Å²) in [5.74, 6) is -0.622. The monoisotopic (exact) mass is 373 g/mol. The molecule has 2 aromatic rings. The van der Waals surface area contributed by atoms with E-state index in [0.717, 1.165) is 0 Å². The van der Waals surface area contributed by atoms with Crippen LogP contribution in [0.1, 0.15) is 17.3 Å². The first-order chi connectivity index (χ1) is 10.9. The lowest BCUT2D eigenvalue weighted by molar-refractivity contribution is 0.0527. The van der Waals surface area contributed by atoms with Crippen LogP contribution in [-0.2, 0) is 14.8 Å². The first-order valence-electron chi connectivity index (χ1n) is 6.59. The molecule has 0 amide bonds. The van der Waals surface area contributed by atoms with Crippen LogP contribution in [0.2, 0.25) is 10.0 Å². The number of benzene rings is 2. The molecule has 0 aliphatic heterocycles. The molecule has 0 fully saturated rings. The molecule has 0 spiro atoms. The van der Waals surface area contributed by atoms with Gasteiger partial charge in [-0.1, -0.05) is 41.4 Å². The number of sulfonamides is 1. The van der Waals surface area contributed by atoms with Gasteiger partial charge in [0.1, 0.15) is 4.90 Å². The second-order valence-corrected chi connectivity index (χ2v) is 6.86. The van der Waals surface area contributed by atoms with Gasteiger partial charge in [0.05, 0.1) is 27.9 Å². The van der Waals surface area contributed by atoms with E-state index in [0.29, 0.717) is 0 Å². The second kappa shape index (κ2) is 7.21. The number of nitrogens with one attached hydrogen (secondary N) is 1. The van der Waals surface area contributed by atoms with E-state index in [-0.39, 0.29) is 32.8 Å². The van der Waals surface area contributed by atoms with Crippen molar-refractivity contribution in [2.75, 3.05) is 11.3 Å². The van der Waals surface area contributed by atoms with Crippen LogP contribution in [0.5, 0.6) is 0 Å². The van der Waals surface area contributed by atoms with Crippen LogP contribution in [0.15, 0.2) is 47.4 Å². The smallest absolute Gasteiger partial charge is 0.340 e. The van der Waals surface area contributed by atoms with Crippen molar-refractivity contribution in [3.05, 3.63) is 58.1 Å². The number of halogens is 2. The summed E-state index contributed by atoms with van der Waals surface area (Å²) < 4.78 is 32.3. The van der Waals surface area contributed by atoms with Gasteiger partial charge in [-0.25, -0.2) is 13.2 Å². The lowest BCUT2D eigenvalue weighted by atomic mass is 10.2. The van der Waals surface area contributed by atoms with Crippen LogP contribution < -0.4 is 4.72 Å². The van der Waals surface area contributed by atoms with Gasteiger partial charge in [0.25, 0.3) is 10.0 Å². The van der Waals surface area contributed by atoms with Gasteiger partial charge < -0.3 is 4.74 Å². The van der Waals surface area contributed by atoms with Crippen molar-refractivity contribution >= 4 is 44.9 Å². The molecule has 0 radical (unpaired) electrons. The van der Waals surface area contributed by atoms with Crippen LogP contribution in [0.3, 0.4) is 0 Å². The summed E-state index contributed by atoms with van der Waals surface area (Å²) in [6.07, 6.45) is 0. The third-order valence-electron chi connectivity index (χ3n) is 2.87. The molecule has 0 unspecified atom stereocenters. The number of ether oxygens (including phenoxy) is 1. The molecule has 122 valence electrons. The van der Waals surface area contributed by atoms with E-state index >= 15 is 0 Å². The average Bonchev–Trinajstić information content (AvgIpc) is 2.50. The van der Waals surface area contributed by atoms with Gasteiger partial charge in [-0.15, -0.1) is 0 Å². The van der Waals surface area contributed by atoms with Gasteiger partial charge in [-0.05, 0) is 31.2 Å². The first-order valence-corrected chi connectivity index (χ1v) is 8.83. The number of para-hydroxylation sites is 1. The fraction of sp³-hybridized carbons (Fsp3) is 0.133. The molecular weight excluding hydrogens is 361 g/mol. The molecule has 0 saturated heterocycles. The Morgan fingerprint density at radius 1 is 1.13 bits per heavy atom. The predicted octanol–water partition coefficient (Wildman–Crippen LogP) is 3.97. The van der Waals surface area contributed by atoms with E-state index in [1.54, 1.807) is 19.1 Å². The van der Waals surface area contributed by atoms with E-state index < -0.39 is 16.0 Å². The number of hydrogen-bond donors (Lipinski definition) is 1. The quantitative estimate of drug-likeness (QED) is 0.804. The number of hydrogen-bond acceptors (Lipinski definition) is 4. The molecule has 0 saturated carbocycles. The molecule has 8 heteroatoms. The summed E-state index contributed by atoms with van der Waals surface area (Å²) in [6.45, 7) is 1.84. The minimum atomic E-state index is -4.01. The Kier molecular flexibility index (Phi) is 5.51. The first kappa shape index (κ1) is 17.6. The van der Waals surface area contributed by atoms with Gasteiger partial charge in [0, 0.05) is 0 Å². The van der Waals surface area contributed by atoms with Gasteiger partial charge in [-0.3, -0.25) is 4.72 Å². The largest absolute Gasteiger partial charge is 0.462 e. The van der Waals surface area contributed by atoms with Crippen molar-refractivity contribution in [3.63, 3.8) is 0 Å².